The summed E-state index contributed by atoms with van der Waals surface area (Å²) in [6, 6.07) is 6.30. The lowest BCUT2D eigenvalue weighted by Crippen LogP contribution is -2.36. The number of ether oxygens (including phenoxy) is 1. The van der Waals surface area contributed by atoms with Crippen molar-refractivity contribution in [1.29, 1.82) is 0 Å². The molecule has 4 rings (SSSR count). The Morgan fingerprint density at radius 1 is 1.16 bits per heavy atom. The number of hydrogen-bond acceptors (Lipinski definition) is 8. The van der Waals surface area contributed by atoms with Crippen LogP contribution in [0.3, 0.4) is 0 Å². The predicted octanol–water partition coefficient (Wildman–Crippen LogP) is 6.39. The van der Waals surface area contributed by atoms with Crippen molar-refractivity contribution in [1.82, 2.24) is 15.0 Å². The largest absolute Gasteiger partial charge is 0.460 e. The Hall–Kier alpha value is -3.05. The first-order valence-corrected chi connectivity index (χ1v) is 12.7. The monoisotopic (exact) mass is 534 g/mol. The molecule has 0 bridgehead atoms. The maximum atomic E-state index is 13.0. The molecule has 2 heterocycles. The first-order chi connectivity index (χ1) is 17.2. The molecule has 0 radical (unpaired) electrons. The lowest BCUT2D eigenvalue weighted by atomic mass is 9.79. The van der Waals surface area contributed by atoms with E-state index in [1.54, 1.807) is 18.3 Å². The highest BCUT2D eigenvalue weighted by Crippen LogP contribution is 2.43. The van der Waals surface area contributed by atoms with E-state index in [1.807, 2.05) is 33.8 Å². The van der Waals surface area contributed by atoms with Crippen molar-refractivity contribution in [2.45, 2.75) is 70.8 Å². The molecule has 1 saturated carbocycles. The van der Waals surface area contributed by atoms with Crippen LogP contribution in [0, 0.1) is 12.8 Å². The van der Waals surface area contributed by atoms with Crippen LogP contribution in [0.2, 0.25) is 0 Å². The number of benzene rings is 1. The molecule has 2 aromatic heterocycles. The molecule has 11 heteroatoms. The average molecular weight is 535 g/mol. The quantitative estimate of drug-likeness (QED) is 0.366. The average Bonchev–Trinajstić information content (AvgIpc) is 3.29. The molecule has 0 atom stereocenters. The van der Waals surface area contributed by atoms with E-state index in [0.717, 1.165) is 28.3 Å². The van der Waals surface area contributed by atoms with E-state index in [-0.39, 0.29) is 17.8 Å². The fourth-order valence-electron chi connectivity index (χ4n) is 4.26. The number of esters is 1. The number of halogens is 3. The van der Waals surface area contributed by atoms with Crippen LogP contribution < -0.4 is 5.32 Å². The van der Waals surface area contributed by atoms with E-state index < -0.39 is 23.1 Å². The number of nitrogens with one attached hydrogen (secondary N) is 1. The molecule has 37 heavy (non-hydrogen) atoms. The van der Waals surface area contributed by atoms with Crippen LogP contribution in [-0.4, -0.2) is 31.6 Å². The number of aliphatic hydroxyl groups is 1. The van der Waals surface area contributed by atoms with Gasteiger partial charge in [-0.3, -0.25) is 4.79 Å². The summed E-state index contributed by atoms with van der Waals surface area (Å²) in [5.74, 6) is -0.645. The van der Waals surface area contributed by atoms with Crippen molar-refractivity contribution in [3.63, 3.8) is 0 Å². The number of rotatable bonds is 5. The Morgan fingerprint density at radius 2 is 1.86 bits per heavy atom. The van der Waals surface area contributed by atoms with Crippen molar-refractivity contribution >= 4 is 28.9 Å². The molecule has 0 unspecified atom stereocenters. The zero-order chi connectivity index (χ0) is 27.0. The van der Waals surface area contributed by atoms with Crippen molar-refractivity contribution in [3.05, 3.63) is 52.9 Å². The van der Waals surface area contributed by atoms with E-state index in [4.69, 9.17) is 4.74 Å². The molecule has 2 N–H and O–H groups in total. The van der Waals surface area contributed by atoms with Gasteiger partial charge in [0.05, 0.1) is 10.8 Å². The van der Waals surface area contributed by atoms with Gasteiger partial charge in [0, 0.05) is 18.1 Å². The van der Waals surface area contributed by atoms with E-state index in [9.17, 15) is 23.1 Å². The van der Waals surface area contributed by atoms with Crippen LogP contribution in [-0.2, 0) is 21.3 Å². The van der Waals surface area contributed by atoms with E-state index in [1.165, 1.54) is 11.3 Å². The molecule has 0 aliphatic heterocycles. The first-order valence-electron chi connectivity index (χ1n) is 11.9. The summed E-state index contributed by atoms with van der Waals surface area (Å²) in [7, 11) is 0. The number of hydrogen-bond donors (Lipinski definition) is 2. The number of alkyl halides is 3. The van der Waals surface area contributed by atoms with Gasteiger partial charge >= 0.3 is 12.1 Å². The molecular formula is C26H29F3N4O3S. The highest BCUT2D eigenvalue weighted by Gasteiger charge is 2.40. The van der Waals surface area contributed by atoms with Gasteiger partial charge < -0.3 is 15.2 Å². The zero-order valence-corrected chi connectivity index (χ0v) is 21.8. The second-order valence-corrected chi connectivity index (χ2v) is 11.4. The Kier molecular flexibility index (Phi) is 7.31. The molecule has 1 aliphatic carbocycles. The summed E-state index contributed by atoms with van der Waals surface area (Å²) in [4.78, 5) is 25.2. The Labute approximate surface area is 217 Å². The number of aromatic nitrogens is 3. The molecule has 1 fully saturated rings. The van der Waals surface area contributed by atoms with Crippen LogP contribution >= 0.6 is 11.3 Å². The SMILES string of the molecule is Cc1cc(Nc2nccc(C(F)(F)F)n2)cc(-c2cnc(C3(O)CCC(C(=O)OC(C)(C)C)CC3)s2)c1. The summed E-state index contributed by atoms with van der Waals surface area (Å²) in [5, 5.41) is 14.7. The number of anilines is 2. The Bertz CT molecular complexity index is 1280. The molecule has 0 saturated heterocycles. The smallest absolute Gasteiger partial charge is 0.433 e. The van der Waals surface area contributed by atoms with Gasteiger partial charge in [-0.25, -0.2) is 15.0 Å². The summed E-state index contributed by atoms with van der Waals surface area (Å²) in [6.45, 7) is 7.37. The van der Waals surface area contributed by atoms with Crippen molar-refractivity contribution in [2.75, 3.05) is 5.32 Å². The van der Waals surface area contributed by atoms with Gasteiger partial charge in [-0.1, -0.05) is 6.07 Å². The number of thiazole rings is 1. The van der Waals surface area contributed by atoms with E-state index >= 15 is 0 Å². The summed E-state index contributed by atoms with van der Waals surface area (Å²) < 4.78 is 44.5. The van der Waals surface area contributed by atoms with Gasteiger partial charge in [0.15, 0.2) is 0 Å². The number of carbonyl (C=O) groups is 1. The molecule has 0 spiro atoms. The minimum Gasteiger partial charge on any atom is -0.460 e. The predicted molar refractivity (Wildman–Crippen MR) is 134 cm³/mol. The summed E-state index contributed by atoms with van der Waals surface area (Å²) in [5.41, 5.74) is -0.509. The van der Waals surface area contributed by atoms with Gasteiger partial charge in [-0.2, -0.15) is 13.2 Å². The number of nitrogens with zero attached hydrogens (tertiary/aromatic N) is 3. The summed E-state index contributed by atoms with van der Waals surface area (Å²) in [6.07, 6.45) is -0.0112. The zero-order valence-electron chi connectivity index (χ0n) is 21.0. The molecule has 3 aromatic rings. The van der Waals surface area contributed by atoms with Crippen LogP contribution in [0.1, 0.15) is 62.7 Å². The minimum atomic E-state index is -4.57. The van der Waals surface area contributed by atoms with Crippen molar-refractivity contribution in [2.24, 2.45) is 5.92 Å². The minimum absolute atomic E-state index is 0.160. The maximum Gasteiger partial charge on any atom is 0.433 e. The first kappa shape index (κ1) is 27.0. The highest BCUT2D eigenvalue weighted by molar-refractivity contribution is 7.15. The van der Waals surface area contributed by atoms with Gasteiger partial charge in [0.1, 0.15) is 21.9 Å². The number of aryl methyl sites for hydroxylation is 1. The lowest BCUT2D eigenvalue weighted by Gasteiger charge is -2.34. The van der Waals surface area contributed by atoms with Gasteiger partial charge in [0.2, 0.25) is 5.95 Å². The third kappa shape index (κ3) is 6.64. The molecule has 7 nitrogen and oxygen atoms in total. The fourth-order valence-corrected chi connectivity index (χ4v) is 5.31. The van der Waals surface area contributed by atoms with Crippen LogP contribution in [0.4, 0.5) is 24.8 Å². The molecule has 0 amide bonds. The normalized spacial score (nSPS) is 20.5. The van der Waals surface area contributed by atoms with Gasteiger partial charge in [-0.05, 0) is 82.7 Å². The van der Waals surface area contributed by atoms with E-state index in [0.29, 0.717) is 36.4 Å². The second-order valence-electron chi connectivity index (χ2n) is 10.3. The summed E-state index contributed by atoms with van der Waals surface area (Å²) >= 11 is 1.36. The van der Waals surface area contributed by atoms with Crippen LogP contribution in [0.5, 0.6) is 0 Å². The van der Waals surface area contributed by atoms with Crippen LogP contribution in [0.15, 0.2) is 36.7 Å². The Balaban J connectivity index is 1.49. The second kappa shape index (κ2) is 10.0. The molecule has 198 valence electrons. The molecule has 1 aliphatic rings. The fraction of sp³-hybridized carbons (Fsp3) is 0.462. The van der Waals surface area contributed by atoms with Crippen LogP contribution in [0.25, 0.3) is 10.4 Å². The molecular weight excluding hydrogens is 505 g/mol. The maximum absolute atomic E-state index is 13.0. The third-order valence-corrected chi connectivity index (χ3v) is 7.26. The Morgan fingerprint density at radius 3 is 2.51 bits per heavy atom. The third-order valence-electron chi connectivity index (χ3n) is 6.02. The van der Waals surface area contributed by atoms with Crippen molar-refractivity contribution in [3.8, 4) is 10.4 Å². The highest BCUT2D eigenvalue weighted by atomic mass is 32.1. The van der Waals surface area contributed by atoms with Crippen molar-refractivity contribution < 1.29 is 27.8 Å². The molecule has 1 aromatic carbocycles. The topological polar surface area (TPSA) is 97.2 Å². The van der Waals surface area contributed by atoms with Gasteiger partial charge in [0.25, 0.3) is 0 Å². The van der Waals surface area contributed by atoms with Gasteiger partial charge in [-0.15, -0.1) is 11.3 Å². The lowest BCUT2D eigenvalue weighted by molar-refractivity contribution is -0.163. The van der Waals surface area contributed by atoms with E-state index in [2.05, 4.69) is 20.3 Å². The number of carbonyl (C=O) groups excluding carboxylic acids is 1. The standard InChI is InChI=1S/C26H29F3N4O3S/c1-15-11-17(13-18(12-15)32-23-30-10-7-20(33-23)26(27,28)29)19-14-31-22(37-19)25(35)8-5-16(6-9-25)21(34)36-24(2,3)4/h7,10-14,16,35H,5-6,8-9H2,1-4H3,(H,30,32,33).